The summed E-state index contributed by atoms with van der Waals surface area (Å²) in [7, 11) is 2.48. The molecule has 1 unspecified atom stereocenters. The van der Waals surface area contributed by atoms with E-state index >= 15 is 0 Å². The SMILES string of the molecule is COc1cccc(N2CC(C(=O)NCCn3nc(C(F)(F)F)n(C)c3=O)CC2=O)c1. The quantitative estimate of drug-likeness (QED) is 0.735. The molecule has 1 aromatic heterocycles. The predicted molar refractivity (Wildman–Crippen MR) is 98.9 cm³/mol. The van der Waals surface area contributed by atoms with Crippen LogP contribution in [0.4, 0.5) is 18.9 Å². The van der Waals surface area contributed by atoms with Gasteiger partial charge in [0.1, 0.15) is 5.75 Å². The third kappa shape index (κ3) is 4.31. The fourth-order valence-corrected chi connectivity index (χ4v) is 3.22. The molecule has 0 bridgehead atoms. The highest BCUT2D eigenvalue weighted by Gasteiger charge is 2.38. The number of nitrogens with one attached hydrogen (secondary N) is 1. The zero-order valence-corrected chi connectivity index (χ0v) is 16.3. The molecule has 1 saturated heterocycles. The number of hydrogen-bond acceptors (Lipinski definition) is 5. The van der Waals surface area contributed by atoms with Gasteiger partial charge in [0.05, 0.1) is 19.6 Å². The zero-order chi connectivity index (χ0) is 22.1. The number of carbonyl (C=O) groups is 2. The van der Waals surface area contributed by atoms with Gasteiger partial charge < -0.3 is 15.0 Å². The van der Waals surface area contributed by atoms with Crippen LogP contribution >= 0.6 is 0 Å². The number of rotatable bonds is 6. The van der Waals surface area contributed by atoms with Crippen molar-refractivity contribution in [1.82, 2.24) is 19.7 Å². The van der Waals surface area contributed by atoms with E-state index in [-0.39, 0.29) is 32.0 Å². The number of ether oxygens (including phenoxy) is 1. The maximum atomic E-state index is 12.8. The number of aromatic nitrogens is 3. The number of carbonyl (C=O) groups excluding carboxylic acids is 2. The molecule has 1 aliphatic heterocycles. The van der Waals surface area contributed by atoms with Crippen LogP contribution in [0.25, 0.3) is 0 Å². The van der Waals surface area contributed by atoms with E-state index in [1.807, 2.05) is 0 Å². The van der Waals surface area contributed by atoms with Crippen molar-refractivity contribution in [3.05, 3.63) is 40.6 Å². The lowest BCUT2D eigenvalue weighted by atomic mass is 10.1. The predicted octanol–water partition coefficient (Wildman–Crippen LogP) is 0.778. The van der Waals surface area contributed by atoms with Crippen LogP contribution in [0.1, 0.15) is 12.2 Å². The summed E-state index contributed by atoms with van der Waals surface area (Å²) < 4.78 is 44.6. The Morgan fingerprint density at radius 2 is 2.07 bits per heavy atom. The smallest absolute Gasteiger partial charge is 0.451 e. The number of methoxy groups -OCH3 is 1. The van der Waals surface area contributed by atoms with Gasteiger partial charge in [0.25, 0.3) is 0 Å². The molecule has 2 heterocycles. The Bertz CT molecular complexity index is 1010. The zero-order valence-electron chi connectivity index (χ0n) is 16.3. The van der Waals surface area contributed by atoms with Crippen molar-refractivity contribution in [2.24, 2.45) is 13.0 Å². The lowest BCUT2D eigenvalue weighted by Crippen LogP contribution is -2.36. The molecule has 162 valence electrons. The standard InChI is InChI=1S/C18H20F3N5O4/c1-24-16(18(19,20)21)23-26(17(24)29)7-6-22-15(28)11-8-14(27)25(10-11)12-4-3-5-13(9-12)30-2/h3-5,9,11H,6-8,10H2,1-2H3,(H,22,28). The van der Waals surface area contributed by atoms with Crippen LogP contribution in [0.15, 0.2) is 29.1 Å². The molecule has 12 heteroatoms. The summed E-state index contributed by atoms with van der Waals surface area (Å²) in [6.07, 6.45) is -4.75. The number of alkyl halides is 3. The van der Waals surface area contributed by atoms with E-state index in [2.05, 4.69) is 10.4 Å². The van der Waals surface area contributed by atoms with Crippen molar-refractivity contribution in [3.63, 3.8) is 0 Å². The molecular formula is C18H20F3N5O4. The molecule has 1 fully saturated rings. The second-order valence-corrected chi connectivity index (χ2v) is 6.78. The molecule has 2 aromatic rings. The van der Waals surface area contributed by atoms with Crippen molar-refractivity contribution >= 4 is 17.5 Å². The normalized spacial score (nSPS) is 16.8. The maximum Gasteiger partial charge on any atom is 0.451 e. The summed E-state index contributed by atoms with van der Waals surface area (Å²) in [5, 5.41) is 5.82. The average molecular weight is 427 g/mol. The average Bonchev–Trinajstić information content (AvgIpc) is 3.23. The van der Waals surface area contributed by atoms with Crippen molar-refractivity contribution in [2.45, 2.75) is 19.1 Å². The van der Waals surface area contributed by atoms with E-state index in [4.69, 9.17) is 4.74 Å². The molecule has 3 rings (SSSR count). The molecule has 2 amide bonds. The highest BCUT2D eigenvalue weighted by Crippen LogP contribution is 2.28. The largest absolute Gasteiger partial charge is 0.497 e. The molecule has 1 N–H and O–H groups in total. The summed E-state index contributed by atoms with van der Waals surface area (Å²) >= 11 is 0. The van der Waals surface area contributed by atoms with Crippen LogP contribution in [0.2, 0.25) is 0 Å². The Morgan fingerprint density at radius 1 is 1.33 bits per heavy atom. The van der Waals surface area contributed by atoms with Crippen molar-refractivity contribution in [1.29, 1.82) is 0 Å². The maximum absolute atomic E-state index is 12.8. The summed E-state index contributed by atoms with van der Waals surface area (Å²) in [6, 6.07) is 6.88. The van der Waals surface area contributed by atoms with Crippen LogP contribution in [0.3, 0.4) is 0 Å². The van der Waals surface area contributed by atoms with Crippen molar-refractivity contribution in [3.8, 4) is 5.75 Å². The lowest BCUT2D eigenvalue weighted by molar-refractivity contribution is -0.147. The van der Waals surface area contributed by atoms with Gasteiger partial charge in [-0.05, 0) is 12.1 Å². The lowest BCUT2D eigenvalue weighted by Gasteiger charge is -2.17. The van der Waals surface area contributed by atoms with Gasteiger partial charge in [-0.3, -0.25) is 14.2 Å². The van der Waals surface area contributed by atoms with E-state index in [1.165, 1.54) is 12.0 Å². The molecule has 1 aliphatic rings. The second kappa shape index (κ2) is 8.20. The monoisotopic (exact) mass is 427 g/mol. The van der Waals surface area contributed by atoms with Gasteiger partial charge >= 0.3 is 11.9 Å². The molecule has 0 saturated carbocycles. The van der Waals surface area contributed by atoms with Gasteiger partial charge in [0, 0.05) is 38.3 Å². The van der Waals surface area contributed by atoms with Crippen molar-refractivity contribution in [2.75, 3.05) is 25.1 Å². The third-order valence-corrected chi connectivity index (χ3v) is 4.78. The van der Waals surface area contributed by atoms with Crippen LogP contribution in [0.5, 0.6) is 5.75 Å². The minimum absolute atomic E-state index is 0.00476. The number of benzene rings is 1. The number of nitrogens with zero attached hydrogens (tertiary/aromatic N) is 4. The number of anilines is 1. The van der Waals surface area contributed by atoms with Crippen LogP contribution in [-0.4, -0.2) is 46.4 Å². The molecule has 1 aromatic carbocycles. The van der Waals surface area contributed by atoms with Crippen LogP contribution in [0, 0.1) is 5.92 Å². The first-order valence-corrected chi connectivity index (χ1v) is 9.05. The van der Waals surface area contributed by atoms with Gasteiger partial charge in [-0.2, -0.15) is 13.2 Å². The van der Waals surface area contributed by atoms with Gasteiger partial charge in [0.15, 0.2) is 0 Å². The molecular weight excluding hydrogens is 407 g/mol. The van der Waals surface area contributed by atoms with E-state index in [0.717, 1.165) is 7.05 Å². The van der Waals surface area contributed by atoms with E-state index in [0.29, 0.717) is 20.7 Å². The molecule has 30 heavy (non-hydrogen) atoms. The Labute approximate surface area is 169 Å². The molecule has 0 spiro atoms. The number of halogens is 3. The second-order valence-electron chi connectivity index (χ2n) is 6.78. The molecule has 1 atom stereocenters. The van der Waals surface area contributed by atoms with E-state index in [1.54, 1.807) is 24.3 Å². The summed E-state index contributed by atoms with van der Waals surface area (Å²) in [5.74, 6) is -2.00. The van der Waals surface area contributed by atoms with Gasteiger partial charge in [-0.1, -0.05) is 6.07 Å². The first kappa shape index (κ1) is 21.4. The Kier molecular flexibility index (Phi) is 5.85. The topological polar surface area (TPSA) is 98.5 Å². The Balaban J connectivity index is 1.59. The van der Waals surface area contributed by atoms with Crippen LogP contribution < -0.4 is 20.6 Å². The highest BCUT2D eigenvalue weighted by molar-refractivity contribution is 6.00. The van der Waals surface area contributed by atoms with Crippen LogP contribution in [-0.2, 0) is 29.4 Å². The molecule has 0 radical (unpaired) electrons. The summed E-state index contributed by atoms with van der Waals surface area (Å²) in [6.45, 7) is -0.161. The minimum Gasteiger partial charge on any atom is -0.497 e. The van der Waals surface area contributed by atoms with E-state index < -0.39 is 29.5 Å². The highest BCUT2D eigenvalue weighted by atomic mass is 19.4. The van der Waals surface area contributed by atoms with Gasteiger partial charge in [-0.15, -0.1) is 5.10 Å². The van der Waals surface area contributed by atoms with Gasteiger partial charge in [-0.25, -0.2) is 9.48 Å². The number of amides is 2. The Morgan fingerprint density at radius 3 is 2.70 bits per heavy atom. The first-order chi connectivity index (χ1) is 14.1. The molecule has 9 nitrogen and oxygen atoms in total. The minimum atomic E-state index is -4.75. The fraction of sp³-hybridized carbons (Fsp3) is 0.444. The third-order valence-electron chi connectivity index (χ3n) is 4.78. The molecule has 0 aliphatic carbocycles. The summed E-state index contributed by atoms with van der Waals surface area (Å²) in [5.41, 5.74) is -0.328. The summed E-state index contributed by atoms with van der Waals surface area (Å²) in [4.78, 5) is 38.0. The van der Waals surface area contributed by atoms with Gasteiger partial charge in [0.2, 0.25) is 17.6 Å². The van der Waals surface area contributed by atoms with Crippen molar-refractivity contribution < 1.29 is 27.5 Å². The van der Waals surface area contributed by atoms with E-state index in [9.17, 15) is 27.6 Å². The Hall–Kier alpha value is -3.31. The number of hydrogen-bond donors (Lipinski definition) is 1. The fourth-order valence-electron chi connectivity index (χ4n) is 3.22. The first-order valence-electron chi connectivity index (χ1n) is 9.05.